The molecule has 0 aromatic heterocycles. The van der Waals surface area contributed by atoms with Crippen LogP contribution in [0.2, 0.25) is 0 Å². The fourth-order valence-electron chi connectivity index (χ4n) is 2.15. The van der Waals surface area contributed by atoms with Crippen molar-refractivity contribution in [2.45, 2.75) is 34.1 Å². The number of terminal acetylenes is 1. The van der Waals surface area contributed by atoms with E-state index >= 15 is 0 Å². The summed E-state index contributed by atoms with van der Waals surface area (Å²) in [6.07, 6.45) is 6.09. The molecule has 0 radical (unpaired) electrons. The lowest BCUT2D eigenvalue weighted by atomic mass is 9.95. The van der Waals surface area contributed by atoms with Crippen molar-refractivity contribution in [3.63, 3.8) is 0 Å². The van der Waals surface area contributed by atoms with E-state index in [1.165, 1.54) is 0 Å². The minimum atomic E-state index is -0.347. The van der Waals surface area contributed by atoms with Gasteiger partial charge in [0.1, 0.15) is 11.6 Å². The van der Waals surface area contributed by atoms with Gasteiger partial charge in [-0.3, -0.25) is 0 Å². The summed E-state index contributed by atoms with van der Waals surface area (Å²) in [5.74, 6) is 2.25. The van der Waals surface area contributed by atoms with Crippen LogP contribution in [0, 0.1) is 25.1 Å². The molecular weight excluding hydrogens is 239 g/mol. The van der Waals surface area contributed by atoms with Crippen LogP contribution in [0.3, 0.4) is 0 Å². The number of halogens is 1. The number of hydrogen-bond donors (Lipinski definition) is 1. The average molecular weight is 258 g/mol. The van der Waals surface area contributed by atoms with Gasteiger partial charge < -0.3 is 5.11 Å². The first kappa shape index (κ1) is 15.0. The lowest BCUT2D eigenvalue weighted by Gasteiger charge is -2.11. The first-order valence-corrected chi connectivity index (χ1v) is 6.49. The predicted molar refractivity (Wildman–Crippen MR) is 79.0 cm³/mol. The molecule has 0 heterocycles. The topological polar surface area (TPSA) is 20.2 Å². The van der Waals surface area contributed by atoms with Crippen molar-refractivity contribution < 1.29 is 9.50 Å². The number of hydrogen-bond acceptors (Lipinski definition) is 1. The molecule has 2 aromatic carbocycles. The molecule has 0 unspecified atom stereocenters. The average Bonchev–Trinajstić information content (AvgIpc) is 2.42. The van der Waals surface area contributed by atoms with Gasteiger partial charge in [0.05, 0.1) is 5.56 Å². The summed E-state index contributed by atoms with van der Waals surface area (Å²) in [6.45, 7) is 7.62. The molecule has 0 bridgehead atoms. The van der Waals surface area contributed by atoms with Crippen LogP contribution in [0.1, 0.15) is 37.5 Å². The number of rotatable bonds is 1. The first-order chi connectivity index (χ1) is 9.08. The largest absolute Gasteiger partial charge is 0.508 e. The Morgan fingerprint density at radius 1 is 1.26 bits per heavy atom. The molecule has 0 fully saturated rings. The smallest absolute Gasteiger partial charge is 0.142 e. The standard InChI is InChI=1S/C15H13FO.C2H6/c1-4-10-7-12(17)8-11-6-9(3)15(16)13(5-2)14(10)11;1-2/h2,6-8,17H,4H2,1,3H3;1-2H3. The van der Waals surface area contributed by atoms with Crippen LogP contribution in [-0.4, -0.2) is 5.11 Å². The van der Waals surface area contributed by atoms with Crippen molar-refractivity contribution in [2.24, 2.45) is 0 Å². The molecule has 100 valence electrons. The highest BCUT2D eigenvalue weighted by atomic mass is 19.1. The zero-order valence-electron chi connectivity index (χ0n) is 11.8. The molecule has 0 atom stereocenters. The molecule has 19 heavy (non-hydrogen) atoms. The van der Waals surface area contributed by atoms with Crippen molar-refractivity contribution in [1.82, 2.24) is 0 Å². The second-order valence-corrected chi connectivity index (χ2v) is 4.08. The highest BCUT2D eigenvalue weighted by Gasteiger charge is 2.13. The van der Waals surface area contributed by atoms with Gasteiger partial charge in [-0.2, -0.15) is 0 Å². The quantitative estimate of drug-likeness (QED) is 0.743. The van der Waals surface area contributed by atoms with E-state index in [0.717, 1.165) is 16.3 Å². The van der Waals surface area contributed by atoms with E-state index in [4.69, 9.17) is 6.42 Å². The summed E-state index contributed by atoms with van der Waals surface area (Å²) < 4.78 is 13.9. The van der Waals surface area contributed by atoms with Gasteiger partial charge in [0.25, 0.3) is 0 Å². The second-order valence-electron chi connectivity index (χ2n) is 4.08. The minimum Gasteiger partial charge on any atom is -0.508 e. The van der Waals surface area contributed by atoms with Gasteiger partial charge in [-0.15, -0.1) is 6.42 Å². The first-order valence-electron chi connectivity index (χ1n) is 6.49. The van der Waals surface area contributed by atoms with Crippen molar-refractivity contribution in [2.75, 3.05) is 0 Å². The van der Waals surface area contributed by atoms with Gasteiger partial charge in [-0.25, -0.2) is 4.39 Å². The van der Waals surface area contributed by atoms with E-state index in [1.54, 1.807) is 25.1 Å². The van der Waals surface area contributed by atoms with Gasteiger partial charge in [-0.1, -0.05) is 26.7 Å². The van der Waals surface area contributed by atoms with Crippen molar-refractivity contribution >= 4 is 10.8 Å². The number of phenols is 1. The van der Waals surface area contributed by atoms with Crippen molar-refractivity contribution in [3.8, 4) is 18.1 Å². The molecule has 0 saturated heterocycles. The number of aryl methyl sites for hydroxylation is 2. The van der Waals surface area contributed by atoms with Gasteiger partial charge in [0, 0.05) is 5.39 Å². The monoisotopic (exact) mass is 258 g/mol. The third-order valence-corrected chi connectivity index (χ3v) is 2.95. The van der Waals surface area contributed by atoms with Crippen LogP contribution < -0.4 is 0 Å². The van der Waals surface area contributed by atoms with Crippen molar-refractivity contribution in [1.29, 1.82) is 0 Å². The molecule has 2 aromatic rings. The Labute approximate surface area is 114 Å². The zero-order chi connectivity index (χ0) is 14.6. The minimum absolute atomic E-state index is 0.184. The molecule has 1 nitrogen and oxygen atoms in total. The Morgan fingerprint density at radius 3 is 2.42 bits per heavy atom. The van der Waals surface area contributed by atoms with E-state index in [1.807, 2.05) is 20.8 Å². The van der Waals surface area contributed by atoms with Gasteiger partial charge in [-0.05, 0) is 48.1 Å². The molecule has 2 heteroatoms. The number of benzene rings is 2. The fourth-order valence-corrected chi connectivity index (χ4v) is 2.15. The summed E-state index contributed by atoms with van der Waals surface area (Å²) in [6, 6.07) is 4.96. The SMILES string of the molecule is C#Cc1c(F)c(C)cc2cc(O)cc(CC)c12.CC. The van der Waals surface area contributed by atoms with Crippen molar-refractivity contribution in [3.05, 3.63) is 40.7 Å². The highest BCUT2D eigenvalue weighted by Crippen LogP contribution is 2.31. The van der Waals surface area contributed by atoms with Crippen LogP contribution in [0.5, 0.6) is 5.75 Å². The molecular formula is C17H19FO. The van der Waals surface area contributed by atoms with E-state index in [2.05, 4.69) is 5.92 Å². The van der Waals surface area contributed by atoms with Gasteiger partial charge in [0.15, 0.2) is 0 Å². The summed E-state index contributed by atoms with van der Waals surface area (Å²) in [5.41, 5.74) is 1.65. The Balaban J connectivity index is 0.000000861. The maximum Gasteiger partial charge on any atom is 0.142 e. The Bertz CT molecular complexity index is 636. The second kappa shape index (κ2) is 6.24. The summed E-state index contributed by atoms with van der Waals surface area (Å²) in [7, 11) is 0. The van der Waals surface area contributed by atoms with Crippen LogP contribution in [0.15, 0.2) is 18.2 Å². The molecule has 2 rings (SSSR count). The molecule has 0 aliphatic rings. The van der Waals surface area contributed by atoms with E-state index < -0.39 is 0 Å². The Morgan fingerprint density at radius 2 is 1.89 bits per heavy atom. The lowest BCUT2D eigenvalue weighted by Crippen LogP contribution is -1.95. The van der Waals surface area contributed by atoms with Crippen LogP contribution in [0.4, 0.5) is 4.39 Å². The summed E-state index contributed by atoms with van der Waals surface area (Å²) in [4.78, 5) is 0. The van der Waals surface area contributed by atoms with E-state index in [9.17, 15) is 9.50 Å². The van der Waals surface area contributed by atoms with Gasteiger partial charge >= 0.3 is 0 Å². The van der Waals surface area contributed by atoms with E-state index in [-0.39, 0.29) is 17.1 Å². The van der Waals surface area contributed by atoms with E-state index in [0.29, 0.717) is 12.0 Å². The molecule has 0 spiro atoms. The maximum atomic E-state index is 13.9. The normalized spacial score (nSPS) is 9.68. The molecule has 1 N–H and O–H groups in total. The third kappa shape index (κ3) is 2.71. The van der Waals surface area contributed by atoms with Gasteiger partial charge in [0.2, 0.25) is 0 Å². The van der Waals surface area contributed by atoms with Crippen LogP contribution >= 0.6 is 0 Å². The zero-order valence-corrected chi connectivity index (χ0v) is 11.8. The maximum absolute atomic E-state index is 13.9. The summed E-state index contributed by atoms with van der Waals surface area (Å²) in [5, 5.41) is 11.1. The fraction of sp³-hybridized carbons (Fsp3) is 0.294. The number of aromatic hydroxyl groups is 1. The van der Waals surface area contributed by atoms with Crippen LogP contribution in [0.25, 0.3) is 10.8 Å². The lowest BCUT2D eigenvalue weighted by molar-refractivity contribution is 0.475. The Kier molecular flexibility index (Phi) is 4.94. The summed E-state index contributed by atoms with van der Waals surface area (Å²) >= 11 is 0. The Hall–Kier alpha value is -2.01. The number of fused-ring (bicyclic) bond motifs is 1. The third-order valence-electron chi connectivity index (χ3n) is 2.95. The molecule has 0 aliphatic carbocycles. The molecule has 0 saturated carbocycles. The molecule has 0 amide bonds. The highest BCUT2D eigenvalue weighted by molar-refractivity contribution is 5.93. The predicted octanol–water partition coefficient (Wildman–Crippen LogP) is 4.56. The van der Waals surface area contributed by atoms with Crippen LogP contribution in [-0.2, 0) is 6.42 Å². The number of phenolic OH excluding ortho intramolecular Hbond substituents is 1. The molecule has 0 aliphatic heterocycles.